The molecule has 1 saturated heterocycles. The Morgan fingerprint density at radius 2 is 1.45 bits per heavy atom. The van der Waals surface area contributed by atoms with Crippen LogP contribution in [0.4, 0.5) is 0 Å². The number of unbranched alkanes of at least 4 members (excludes halogenated alkanes) is 3. The van der Waals surface area contributed by atoms with Crippen molar-refractivity contribution in [1.82, 2.24) is 0 Å². The first-order chi connectivity index (χ1) is 14.8. The van der Waals surface area contributed by atoms with Crippen molar-refractivity contribution in [1.29, 1.82) is 5.41 Å². The van der Waals surface area contributed by atoms with Gasteiger partial charge < -0.3 is 28.3 Å². The predicted molar refractivity (Wildman–Crippen MR) is 123 cm³/mol. The molecule has 0 aromatic heterocycles. The van der Waals surface area contributed by atoms with Gasteiger partial charge in [0.1, 0.15) is 24.4 Å². The van der Waals surface area contributed by atoms with Crippen molar-refractivity contribution < 1.29 is 28.3 Å². The summed E-state index contributed by atoms with van der Waals surface area (Å²) in [4.78, 5) is 0. The molecule has 5 unspecified atom stereocenters. The molecular formula is C20H35BCl3NO6. The molecular weight excluding hydrogens is 467 g/mol. The summed E-state index contributed by atoms with van der Waals surface area (Å²) in [5.41, 5.74) is 0. The number of rotatable bonds is 15. The fourth-order valence-electron chi connectivity index (χ4n) is 3.00. The normalized spacial score (nSPS) is 26.7. The Labute approximate surface area is 202 Å². The monoisotopic (exact) mass is 501 g/mol. The average molecular weight is 503 g/mol. The lowest BCUT2D eigenvalue weighted by molar-refractivity contribution is -0.296. The van der Waals surface area contributed by atoms with Gasteiger partial charge in [0.15, 0.2) is 0 Å². The van der Waals surface area contributed by atoms with Crippen molar-refractivity contribution in [3.63, 3.8) is 0 Å². The minimum absolute atomic E-state index is 0.235. The van der Waals surface area contributed by atoms with Crippen molar-refractivity contribution in [2.24, 2.45) is 0 Å². The molecule has 180 valence electrons. The summed E-state index contributed by atoms with van der Waals surface area (Å²) in [6, 6.07) is 0. The lowest BCUT2D eigenvalue weighted by Gasteiger charge is -2.45. The van der Waals surface area contributed by atoms with E-state index in [4.69, 9.17) is 76.6 Å². The highest BCUT2D eigenvalue weighted by Gasteiger charge is 2.50. The standard InChI is InChI=1S/C20H35BCl3NO6/c1-4-7-10-26-13-14-15(27-11-8-5-2)16(31-21)17(28-12-9-6-3)18(29-14)30-19(25)20(22,23)24/h14-18,25H,4-13H2,1-3H3. The highest BCUT2D eigenvalue weighted by molar-refractivity contribution is 6.76. The van der Waals surface area contributed by atoms with Crippen LogP contribution in [0.2, 0.25) is 0 Å². The van der Waals surface area contributed by atoms with Gasteiger partial charge in [-0.2, -0.15) is 0 Å². The molecule has 1 aliphatic rings. The lowest BCUT2D eigenvalue weighted by Crippen LogP contribution is -2.62. The van der Waals surface area contributed by atoms with E-state index in [1.165, 1.54) is 0 Å². The molecule has 0 amide bonds. The zero-order valence-electron chi connectivity index (χ0n) is 18.6. The molecule has 0 spiro atoms. The Bertz CT molecular complexity index is 500. The first-order valence-electron chi connectivity index (χ1n) is 10.9. The highest BCUT2D eigenvalue weighted by atomic mass is 35.6. The maximum Gasteiger partial charge on any atom is 0.283 e. The Morgan fingerprint density at radius 3 is 1.97 bits per heavy atom. The van der Waals surface area contributed by atoms with E-state index in [1.807, 2.05) is 6.92 Å². The summed E-state index contributed by atoms with van der Waals surface area (Å²) < 4.78 is 32.7. The molecule has 2 radical (unpaired) electrons. The van der Waals surface area contributed by atoms with Gasteiger partial charge >= 0.3 is 0 Å². The molecule has 0 bridgehead atoms. The molecule has 31 heavy (non-hydrogen) atoms. The van der Waals surface area contributed by atoms with Gasteiger partial charge in [0, 0.05) is 19.8 Å². The molecule has 1 heterocycles. The number of hydrogen-bond acceptors (Lipinski definition) is 7. The third-order valence-electron chi connectivity index (χ3n) is 4.78. The summed E-state index contributed by atoms with van der Waals surface area (Å²) >= 11 is 17.4. The SMILES string of the molecule is [B]OC1C(OCCCC)C(COCCCC)OC(OC(=N)C(Cl)(Cl)Cl)C1OCCCC. The molecule has 5 atom stereocenters. The van der Waals surface area contributed by atoms with E-state index < -0.39 is 40.4 Å². The Balaban J connectivity index is 3.06. The smallest absolute Gasteiger partial charge is 0.283 e. The fourth-order valence-corrected chi connectivity index (χ4v) is 3.13. The molecule has 7 nitrogen and oxygen atoms in total. The lowest BCUT2D eigenvalue weighted by atomic mass is 9.97. The first-order valence-corrected chi connectivity index (χ1v) is 12.1. The van der Waals surface area contributed by atoms with Crippen LogP contribution in [0.5, 0.6) is 0 Å². The van der Waals surface area contributed by atoms with E-state index in [2.05, 4.69) is 13.8 Å². The van der Waals surface area contributed by atoms with Gasteiger partial charge in [-0.25, -0.2) is 0 Å². The van der Waals surface area contributed by atoms with E-state index in [9.17, 15) is 0 Å². The third-order valence-corrected chi connectivity index (χ3v) is 5.30. The zero-order chi connectivity index (χ0) is 23.3. The second-order valence-electron chi connectivity index (χ2n) is 7.39. The molecule has 1 rings (SSSR count). The van der Waals surface area contributed by atoms with Gasteiger partial charge in [0.05, 0.1) is 6.61 Å². The van der Waals surface area contributed by atoms with E-state index >= 15 is 0 Å². The van der Waals surface area contributed by atoms with Crippen molar-refractivity contribution in [2.45, 2.75) is 93.8 Å². The number of alkyl halides is 3. The fraction of sp³-hybridized carbons (Fsp3) is 0.950. The van der Waals surface area contributed by atoms with E-state index in [-0.39, 0.29) is 6.61 Å². The number of nitrogens with one attached hydrogen (secondary N) is 1. The van der Waals surface area contributed by atoms with Gasteiger partial charge in [-0.15, -0.1) is 0 Å². The van der Waals surface area contributed by atoms with Crippen LogP contribution < -0.4 is 0 Å². The van der Waals surface area contributed by atoms with Crippen LogP contribution in [-0.4, -0.2) is 74.9 Å². The van der Waals surface area contributed by atoms with Crippen molar-refractivity contribution in [3.8, 4) is 0 Å². The molecule has 1 fully saturated rings. The number of hydrogen-bond donors (Lipinski definition) is 1. The van der Waals surface area contributed by atoms with E-state index in [0.29, 0.717) is 19.8 Å². The van der Waals surface area contributed by atoms with Crippen LogP contribution >= 0.6 is 34.8 Å². The van der Waals surface area contributed by atoms with Crippen LogP contribution in [0.1, 0.15) is 59.3 Å². The molecule has 1 N–H and O–H groups in total. The summed E-state index contributed by atoms with van der Waals surface area (Å²) in [5, 5.41) is 7.96. The Morgan fingerprint density at radius 1 is 0.903 bits per heavy atom. The summed E-state index contributed by atoms with van der Waals surface area (Å²) in [5.74, 6) is -0.585. The summed E-state index contributed by atoms with van der Waals surface area (Å²) in [6.07, 6.45) is 1.81. The molecule has 1 aliphatic heterocycles. The van der Waals surface area contributed by atoms with Crippen LogP contribution in [0, 0.1) is 5.41 Å². The molecule has 11 heteroatoms. The van der Waals surface area contributed by atoms with Gasteiger partial charge in [-0.1, -0.05) is 74.8 Å². The maximum absolute atomic E-state index is 7.96. The van der Waals surface area contributed by atoms with E-state index in [0.717, 1.165) is 38.5 Å². The maximum atomic E-state index is 7.96. The quantitative estimate of drug-likeness (QED) is 0.115. The summed E-state index contributed by atoms with van der Waals surface area (Å²) in [6.45, 7) is 7.95. The number of ether oxygens (including phenoxy) is 5. The van der Waals surface area contributed by atoms with Gasteiger partial charge in [0.2, 0.25) is 12.2 Å². The zero-order valence-corrected chi connectivity index (χ0v) is 20.9. The van der Waals surface area contributed by atoms with Gasteiger partial charge in [0.25, 0.3) is 11.8 Å². The molecule has 0 aromatic carbocycles. The van der Waals surface area contributed by atoms with Crippen LogP contribution in [-0.2, 0) is 28.3 Å². The van der Waals surface area contributed by atoms with Crippen molar-refractivity contribution in [3.05, 3.63) is 0 Å². The highest BCUT2D eigenvalue weighted by Crippen LogP contribution is 2.33. The van der Waals surface area contributed by atoms with Crippen LogP contribution in [0.3, 0.4) is 0 Å². The Kier molecular flexibility index (Phi) is 15.0. The molecule has 0 saturated carbocycles. The largest absolute Gasteiger partial charge is 0.445 e. The number of halogens is 3. The molecule has 0 aromatic rings. The Hall–Kier alpha value is 0.205. The van der Waals surface area contributed by atoms with Crippen molar-refractivity contribution >= 4 is 48.7 Å². The minimum Gasteiger partial charge on any atom is -0.445 e. The molecule has 0 aliphatic carbocycles. The average Bonchev–Trinajstić information content (AvgIpc) is 2.72. The van der Waals surface area contributed by atoms with Gasteiger partial charge in [-0.3, -0.25) is 5.41 Å². The third kappa shape index (κ3) is 10.3. The van der Waals surface area contributed by atoms with Gasteiger partial charge in [-0.05, 0) is 19.3 Å². The van der Waals surface area contributed by atoms with Crippen LogP contribution in [0.15, 0.2) is 0 Å². The summed E-state index contributed by atoms with van der Waals surface area (Å²) in [7, 11) is 5.67. The van der Waals surface area contributed by atoms with Crippen molar-refractivity contribution in [2.75, 3.05) is 26.4 Å². The van der Waals surface area contributed by atoms with E-state index in [1.54, 1.807) is 0 Å². The minimum atomic E-state index is -2.04. The topological polar surface area (TPSA) is 79.2 Å². The first kappa shape index (κ1) is 29.2. The van der Waals surface area contributed by atoms with Crippen LogP contribution in [0.25, 0.3) is 0 Å². The predicted octanol–water partition coefficient (Wildman–Crippen LogP) is 4.73. The second kappa shape index (κ2) is 15.9. The second-order valence-corrected chi connectivity index (χ2v) is 9.68.